The molecule has 0 spiro atoms. The minimum atomic E-state index is -4.51. The van der Waals surface area contributed by atoms with Gasteiger partial charge in [0.2, 0.25) is 0 Å². The van der Waals surface area contributed by atoms with Crippen molar-refractivity contribution in [3.8, 4) is 0 Å². The van der Waals surface area contributed by atoms with Crippen molar-refractivity contribution in [2.24, 2.45) is 17.8 Å². The molecule has 2 rings (SSSR count). The molecule has 98 valence electrons. The standard InChI is InChI=1S/C12H17F3O2/c1-7(12(13,14)15)10(16)17-11(2)6-8-3-4-9(11)5-8/h7-9H,3-6H2,1-2H3. The zero-order valence-corrected chi connectivity index (χ0v) is 10.0. The van der Waals surface area contributed by atoms with Gasteiger partial charge in [-0.2, -0.15) is 13.2 Å². The van der Waals surface area contributed by atoms with Gasteiger partial charge in [-0.25, -0.2) is 0 Å². The first-order chi connectivity index (χ1) is 7.72. The second-order valence-electron chi connectivity index (χ2n) is 5.58. The molecule has 4 unspecified atom stereocenters. The van der Waals surface area contributed by atoms with Crippen LogP contribution in [0, 0.1) is 17.8 Å². The summed E-state index contributed by atoms with van der Waals surface area (Å²) >= 11 is 0. The van der Waals surface area contributed by atoms with Crippen molar-refractivity contribution < 1.29 is 22.7 Å². The molecule has 0 saturated heterocycles. The van der Waals surface area contributed by atoms with Crippen LogP contribution in [-0.4, -0.2) is 17.7 Å². The molecule has 2 nitrogen and oxygen atoms in total. The van der Waals surface area contributed by atoms with Crippen LogP contribution in [0.25, 0.3) is 0 Å². The number of ether oxygens (including phenoxy) is 1. The van der Waals surface area contributed by atoms with Crippen LogP contribution in [-0.2, 0) is 9.53 Å². The Morgan fingerprint density at radius 2 is 2.06 bits per heavy atom. The van der Waals surface area contributed by atoms with Crippen LogP contribution in [0.1, 0.15) is 39.5 Å². The fraction of sp³-hybridized carbons (Fsp3) is 0.917. The van der Waals surface area contributed by atoms with Crippen LogP contribution in [0.4, 0.5) is 13.2 Å². The van der Waals surface area contributed by atoms with Gasteiger partial charge < -0.3 is 4.74 Å². The lowest BCUT2D eigenvalue weighted by Crippen LogP contribution is -2.41. The van der Waals surface area contributed by atoms with E-state index in [0.29, 0.717) is 12.3 Å². The third kappa shape index (κ3) is 2.29. The number of rotatable bonds is 2. The first-order valence-electron chi connectivity index (χ1n) is 6.02. The minimum absolute atomic E-state index is 0.247. The van der Waals surface area contributed by atoms with Crippen molar-refractivity contribution in [2.75, 3.05) is 0 Å². The molecule has 0 aliphatic heterocycles. The van der Waals surface area contributed by atoms with Crippen LogP contribution < -0.4 is 0 Å². The first-order valence-corrected chi connectivity index (χ1v) is 6.02. The summed E-state index contributed by atoms with van der Waals surface area (Å²) < 4.78 is 42.3. The molecule has 0 aromatic carbocycles. The summed E-state index contributed by atoms with van der Waals surface area (Å²) in [5.41, 5.74) is -0.667. The average Bonchev–Trinajstić information content (AvgIpc) is 2.73. The normalized spacial score (nSPS) is 38.2. The lowest BCUT2D eigenvalue weighted by Gasteiger charge is -2.34. The number of fused-ring (bicyclic) bond motifs is 2. The van der Waals surface area contributed by atoms with E-state index in [1.165, 1.54) is 0 Å². The van der Waals surface area contributed by atoms with Crippen molar-refractivity contribution in [3.63, 3.8) is 0 Å². The maximum Gasteiger partial charge on any atom is 0.401 e. The number of hydrogen-bond acceptors (Lipinski definition) is 2. The van der Waals surface area contributed by atoms with Gasteiger partial charge in [-0.3, -0.25) is 4.79 Å². The Morgan fingerprint density at radius 3 is 2.47 bits per heavy atom. The Bertz CT molecular complexity index is 326. The molecular formula is C12H17F3O2. The number of carbonyl (C=O) groups excluding carboxylic acids is 1. The third-order valence-electron chi connectivity index (χ3n) is 4.28. The fourth-order valence-electron chi connectivity index (χ4n) is 3.13. The molecule has 0 aromatic rings. The summed E-state index contributed by atoms with van der Waals surface area (Å²) in [4.78, 5) is 11.5. The number of hydrogen-bond donors (Lipinski definition) is 0. The van der Waals surface area contributed by atoms with E-state index in [9.17, 15) is 18.0 Å². The molecule has 17 heavy (non-hydrogen) atoms. The van der Waals surface area contributed by atoms with Crippen molar-refractivity contribution >= 4 is 5.97 Å². The van der Waals surface area contributed by atoms with Crippen LogP contribution >= 0.6 is 0 Å². The van der Waals surface area contributed by atoms with Gasteiger partial charge >= 0.3 is 12.1 Å². The second kappa shape index (κ2) is 3.89. The molecule has 5 heteroatoms. The van der Waals surface area contributed by atoms with E-state index in [4.69, 9.17) is 4.74 Å². The van der Waals surface area contributed by atoms with Gasteiger partial charge in [0.25, 0.3) is 0 Å². The lowest BCUT2D eigenvalue weighted by molar-refractivity contribution is -0.206. The summed E-state index contributed by atoms with van der Waals surface area (Å²) in [6.45, 7) is 2.64. The molecule has 2 fully saturated rings. The maximum atomic E-state index is 12.4. The van der Waals surface area contributed by atoms with E-state index < -0.39 is 23.7 Å². The van der Waals surface area contributed by atoms with Gasteiger partial charge in [-0.15, -0.1) is 0 Å². The highest BCUT2D eigenvalue weighted by atomic mass is 19.4. The van der Waals surface area contributed by atoms with Gasteiger partial charge in [0.05, 0.1) is 0 Å². The largest absolute Gasteiger partial charge is 0.459 e. The molecule has 0 N–H and O–H groups in total. The Labute approximate surface area is 98.5 Å². The van der Waals surface area contributed by atoms with Crippen molar-refractivity contribution in [1.29, 1.82) is 0 Å². The molecule has 2 bridgehead atoms. The zero-order chi connectivity index (χ0) is 12.8. The molecule has 2 saturated carbocycles. The van der Waals surface area contributed by atoms with Gasteiger partial charge in [0.15, 0.2) is 0 Å². The summed E-state index contributed by atoms with van der Waals surface area (Å²) in [6.07, 6.45) is -0.718. The first kappa shape index (κ1) is 12.7. The summed E-state index contributed by atoms with van der Waals surface area (Å²) in [6, 6.07) is 0. The maximum absolute atomic E-state index is 12.4. The molecule has 4 atom stereocenters. The zero-order valence-electron chi connectivity index (χ0n) is 10.0. The van der Waals surface area contributed by atoms with Crippen LogP contribution in [0.3, 0.4) is 0 Å². The number of alkyl halides is 3. The Morgan fingerprint density at radius 1 is 1.41 bits per heavy atom. The van der Waals surface area contributed by atoms with Crippen LogP contribution in [0.2, 0.25) is 0 Å². The van der Waals surface area contributed by atoms with Crippen molar-refractivity contribution in [1.82, 2.24) is 0 Å². The highest BCUT2D eigenvalue weighted by molar-refractivity contribution is 5.73. The molecule has 2 aliphatic rings. The number of halogens is 3. The van der Waals surface area contributed by atoms with E-state index in [2.05, 4.69) is 0 Å². The highest BCUT2D eigenvalue weighted by Crippen LogP contribution is 2.52. The quantitative estimate of drug-likeness (QED) is 0.703. The Balaban J connectivity index is 2.00. The SMILES string of the molecule is CC(C(=O)OC1(C)CC2CCC1C2)C(F)(F)F. The molecule has 0 heterocycles. The molecule has 0 aromatic heterocycles. The summed E-state index contributed by atoms with van der Waals surface area (Å²) in [7, 11) is 0. The average molecular weight is 250 g/mol. The number of carbonyl (C=O) groups is 1. The van der Waals surface area contributed by atoms with Crippen LogP contribution in [0.5, 0.6) is 0 Å². The van der Waals surface area contributed by atoms with E-state index in [-0.39, 0.29) is 5.92 Å². The van der Waals surface area contributed by atoms with Crippen molar-refractivity contribution in [3.05, 3.63) is 0 Å². The van der Waals surface area contributed by atoms with E-state index >= 15 is 0 Å². The van der Waals surface area contributed by atoms with Crippen molar-refractivity contribution in [2.45, 2.75) is 51.3 Å². The Kier molecular flexibility index (Phi) is 2.91. The van der Waals surface area contributed by atoms with Gasteiger partial charge in [-0.05, 0) is 51.4 Å². The highest BCUT2D eigenvalue weighted by Gasteiger charge is 2.52. The predicted molar refractivity (Wildman–Crippen MR) is 55.2 cm³/mol. The summed E-state index contributed by atoms with van der Waals surface area (Å²) in [5, 5.41) is 0. The topological polar surface area (TPSA) is 26.3 Å². The van der Waals surface area contributed by atoms with Gasteiger partial charge in [0.1, 0.15) is 11.5 Å². The molecular weight excluding hydrogens is 233 g/mol. The molecule has 0 radical (unpaired) electrons. The Hall–Kier alpha value is -0.740. The molecule has 2 aliphatic carbocycles. The minimum Gasteiger partial charge on any atom is -0.459 e. The monoisotopic (exact) mass is 250 g/mol. The van der Waals surface area contributed by atoms with Gasteiger partial charge in [0, 0.05) is 0 Å². The predicted octanol–water partition coefficient (Wildman–Crippen LogP) is 3.31. The smallest absolute Gasteiger partial charge is 0.401 e. The van der Waals surface area contributed by atoms with Crippen LogP contribution in [0.15, 0.2) is 0 Å². The fourth-order valence-corrected chi connectivity index (χ4v) is 3.13. The lowest BCUT2D eigenvalue weighted by atomic mass is 9.85. The third-order valence-corrected chi connectivity index (χ3v) is 4.28. The second-order valence-corrected chi connectivity index (χ2v) is 5.58. The van der Waals surface area contributed by atoms with E-state index in [0.717, 1.165) is 26.2 Å². The number of esters is 1. The summed E-state index contributed by atoms with van der Waals surface area (Å²) in [5.74, 6) is -2.39. The van der Waals surface area contributed by atoms with E-state index in [1.807, 2.05) is 0 Å². The van der Waals surface area contributed by atoms with E-state index in [1.54, 1.807) is 6.92 Å². The molecule has 0 amide bonds. The van der Waals surface area contributed by atoms with Gasteiger partial charge in [-0.1, -0.05) is 0 Å².